The Labute approximate surface area is 197 Å². The van der Waals surface area contributed by atoms with Crippen molar-refractivity contribution in [1.82, 2.24) is 24.9 Å². The quantitative estimate of drug-likeness (QED) is 0.441. The fourth-order valence-corrected chi connectivity index (χ4v) is 3.13. The summed E-state index contributed by atoms with van der Waals surface area (Å²) in [4.78, 5) is 33.9. The summed E-state index contributed by atoms with van der Waals surface area (Å²) in [5, 5.41) is 15.5. The highest BCUT2D eigenvalue weighted by Crippen LogP contribution is 2.25. The van der Waals surface area contributed by atoms with Crippen molar-refractivity contribution in [2.24, 2.45) is 0 Å². The van der Waals surface area contributed by atoms with Crippen LogP contribution in [0.5, 0.6) is 0 Å². The van der Waals surface area contributed by atoms with Gasteiger partial charge in [0.2, 0.25) is 0 Å². The van der Waals surface area contributed by atoms with Crippen LogP contribution in [-0.4, -0.2) is 30.8 Å². The van der Waals surface area contributed by atoms with Gasteiger partial charge in [-0.1, -0.05) is 6.07 Å². The molecular formula is C25H22N8O. The van der Waals surface area contributed by atoms with Gasteiger partial charge in [-0.25, -0.2) is 19.9 Å². The van der Waals surface area contributed by atoms with Crippen LogP contribution >= 0.6 is 0 Å². The Bertz CT molecular complexity index is 1380. The molecule has 1 amide bonds. The molecule has 0 bridgehead atoms. The van der Waals surface area contributed by atoms with E-state index in [1.807, 2.05) is 25.1 Å². The molecule has 0 saturated heterocycles. The maximum absolute atomic E-state index is 12.9. The standard InChI is InChI=1S/C25H22N8O/c1-16-4-5-19(31-24(34)17-6-8-29-21(10-17)25(2,3)14-26)11-20(16)32-22-7-9-30-23(33-22)18-12-27-15-28-13-18/h4-13,15H,1-3H3,(H,31,34)(H,30,32,33). The molecule has 3 aromatic heterocycles. The number of nitriles is 1. The lowest BCUT2D eigenvalue weighted by molar-refractivity contribution is 0.102. The van der Waals surface area contributed by atoms with Gasteiger partial charge in [0.25, 0.3) is 5.91 Å². The van der Waals surface area contributed by atoms with E-state index in [4.69, 9.17) is 0 Å². The monoisotopic (exact) mass is 450 g/mol. The third kappa shape index (κ3) is 5.02. The summed E-state index contributed by atoms with van der Waals surface area (Å²) < 4.78 is 0. The molecule has 168 valence electrons. The molecule has 0 spiro atoms. The molecule has 0 saturated carbocycles. The van der Waals surface area contributed by atoms with E-state index in [-0.39, 0.29) is 5.91 Å². The lowest BCUT2D eigenvalue weighted by Gasteiger charge is -2.15. The first-order valence-electron chi connectivity index (χ1n) is 10.5. The van der Waals surface area contributed by atoms with E-state index in [9.17, 15) is 10.1 Å². The Morgan fingerprint density at radius 3 is 2.56 bits per heavy atom. The summed E-state index contributed by atoms with van der Waals surface area (Å²) in [6.07, 6.45) is 7.94. The number of pyridine rings is 1. The summed E-state index contributed by atoms with van der Waals surface area (Å²) >= 11 is 0. The van der Waals surface area contributed by atoms with E-state index in [1.54, 1.807) is 50.6 Å². The number of carbonyl (C=O) groups is 1. The van der Waals surface area contributed by atoms with Gasteiger partial charge in [0.15, 0.2) is 5.82 Å². The number of amides is 1. The van der Waals surface area contributed by atoms with Crippen LogP contribution in [0.1, 0.15) is 35.5 Å². The van der Waals surface area contributed by atoms with Gasteiger partial charge in [0, 0.05) is 41.7 Å². The third-order valence-electron chi connectivity index (χ3n) is 5.17. The van der Waals surface area contributed by atoms with Gasteiger partial charge in [-0.2, -0.15) is 5.26 Å². The molecule has 0 fully saturated rings. The second-order valence-electron chi connectivity index (χ2n) is 8.17. The van der Waals surface area contributed by atoms with Crippen molar-refractivity contribution < 1.29 is 4.79 Å². The molecule has 3 heterocycles. The van der Waals surface area contributed by atoms with Crippen LogP contribution in [0.4, 0.5) is 17.2 Å². The van der Waals surface area contributed by atoms with Crippen molar-refractivity contribution >= 4 is 23.1 Å². The highest BCUT2D eigenvalue weighted by Gasteiger charge is 2.22. The number of anilines is 3. The minimum absolute atomic E-state index is 0.291. The Kier molecular flexibility index (Phi) is 6.23. The zero-order valence-corrected chi connectivity index (χ0v) is 18.9. The molecular weight excluding hydrogens is 428 g/mol. The van der Waals surface area contributed by atoms with Gasteiger partial charge in [-0.15, -0.1) is 0 Å². The molecule has 4 aromatic rings. The third-order valence-corrected chi connectivity index (χ3v) is 5.17. The van der Waals surface area contributed by atoms with Crippen molar-refractivity contribution in [3.05, 3.63) is 84.3 Å². The van der Waals surface area contributed by atoms with Crippen molar-refractivity contribution in [2.45, 2.75) is 26.2 Å². The maximum Gasteiger partial charge on any atom is 0.255 e. The van der Waals surface area contributed by atoms with Crippen molar-refractivity contribution in [2.75, 3.05) is 10.6 Å². The number of hydrogen-bond donors (Lipinski definition) is 2. The molecule has 4 rings (SSSR count). The van der Waals surface area contributed by atoms with Gasteiger partial charge in [-0.05, 0) is 56.7 Å². The van der Waals surface area contributed by atoms with Crippen LogP contribution in [0.15, 0.2) is 67.5 Å². The van der Waals surface area contributed by atoms with E-state index >= 15 is 0 Å². The Morgan fingerprint density at radius 2 is 1.79 bits per heavy atom. The van der Waals surface area contributed by atoms with Gasteiger partial charge in [0.05, 0.1) is 22.7 Å². The number of aryl methyl sites for hydroxylation is 1. The second-order valence-corrected chi connectivity index (χ2v) is 8.17. The molecule has 0 radical (unpaired) electrons. The first-order chi connectivity index (χ1) is 16.4. The molecule has 1 aromatic carbocycles. The van der Waals surface area contributed by atoms with Gasteiger partial charge in [0.1, 0.15) is 12.1 Å². The fourth-order valence-electron chi connectivity index (χ4n) is 3.13. The first-order valence-corrected chi connectivity index (χ1v) is 10.5. The highest BCUT2D eigenvalue weighted by atomic mass is 16.1. The Morgan fingerprint density at radius 1 is 1.03 bits per heavy atom. The van der Waals surface area contributed by atoms with Crippen LogP contribution in [-0.2, 0) is 5.41 Å². The van der Waals surface area contributed by atoms with Crippen molar-refractivity contribution in [3.8, 4) is 17.5 Å². The van der Waals surface area contributed by atoms with Crippen LogP contribution in [0, 0.1) is 18.3 Å². The maximum atomic E-state index is 12.9. The minimum Gasteiger partial charge on any atom is -0.340 e. The Hall–Kier alpha value is -4.71. The van der Waals surface area contributed by atoms with Gasteiger partial charge < -0.3 is 10.6 Å². The number of rotatable bonds is 6. The fraction of sp³-hybridized carbons (Fsp3) is 0.160. The predicted molar refractivity (Wildman–Crippen MR) is 128 cm³/mol. The second kappa shape index (κ2) is 9.42. The lowest BCUT2D eigenvalue weighted by atomic mass is 9.90. The van der Waals surface area contributed by atoms with Gasteiger partial charge in [-0.3, -0.25) is 9.78 Å². The minimum atomic E-state index is -0.792. The summed E-state index contributed by atoms with van der Waals surface area (Å²) in [5.74, 6) is 0.806. The summed E-state index contributed by atoms with van der Waals surface area (Å²) in [7, 11) is 0. The number of benzene rings is 1. The molecule has 0 unspecified atom stereocenters. The van der Waals surface area contributed by atoms with E-state index in [1.165, 1.54) is 12.5 Å². The number of hydrogen-bond acceptors (Lipinski definition) is 8. The number of carbonyl (C=O) groups excluding carboxylic acids is 1. The SMILES string of the molecule is Cc1ccc(NC(=O)c2ccnc(C(C)(C)C#N)c2)cc1Nc1ccnc(-c2cncnc2)n1. The zero-order valence-electron chi connectivity index (χ0n) is 18.9. The van der Waals surface area contributed by atoms with E-state index in [0.29, 0.717) is 34.2 Å². The number of nitrogens with one attached hydrogen (secondary N) is 2. The largest absolute Gasteiger partial charge is 0.340 e. The molecule has 0 aliphatic carbocycles. The van der Waals surface area contributed by atoms with E-state index in [0.717, 1.165) is 11.3 Å². The van der Waals surface area contributed by atoms with Crippen LogP contribution in [0.3, 0.4) is 0 Å². The Balaban J connectivity index is 1.54. The molecule has 9 heteroatoms. The molecule has 0 aliphatic heterocycles. The van der Waals surface area contributed by atoms with E-state index in [2.05, 4.69) is 41.6 Å². The molecule has 34 heavy (non-hydrogen) atoms. The average Bonchev–Trinajstić information content (AvgIpc) is 2.87. The van der Waals surface area contributed by atoms with Crippen LogP contribution in [0.25, 0.3) is 11.4 Å². The highest BCUT2D eigenvalue weighted by molar-refractivity contribution is 6.04. The normalized spacial score (nSPS) is 10.9. The van der Waals surface area contributed by atoms with Crippen molar-refractivity contribution in [1.29, 1.82) is 5.26 Å². The number of aromatic nitrogens is 5. The summed E-state index contributed by atoms with van der Waals surface area (Å²) in [6.45, 7) is 5.48. The smallest absolute Gasteiger partial charge is 0.255 e. The molecule has 2 N–H and O–H groups in total. The van der Waals surface area contributed by atoms with Gasteiger partial charge >= 0.3 is 0 Å². The first kappa shape index (κ1) is 22.5. The molecule has 0 aliphatic rings. The van der Waals surface area contributed by atoms with E-state index < -0.39 is 5.41 Å². The van der Waals surface area contributed by atoms with Crippen LogP contribution in [0.2, 0.25) is 0 Å². The topological polar surface area (TPSA) is 129 Å². The molecule has 0 atom stereocenters. The average molecular weight is 451 g/mol. The summed E-state index contributed by atoms with van der Waals surface area (Å²) in [5.41, 5.74) is 3.25. The number of nitrogens with zero attached hydrogens (tertiary/aromatic N) is 6. The van der Waals surface area contributed by atoms with Crippen molar-refractivity contribution in [3.63, 3.8) is 0 Å². The lowest BCUT2D eigenvalue weighted by Crippen LogP contribution is -2.18. The van der Waals surface area contributed by atoms with Crippen LogP contribution < -0.4 is 10.6 Å². The zero-order chi connectivity index (χ0) is 24.1. The summed E-state index contributed by atoms with van der Waals surface area (Å²) in [6, 6.07) is 12.8. The predicted octanol–water partition coefficient (Wildman–Crippen LogP) is 4.43. The molecule has 9 nitrogen and oxygen atoms in total.